The maximum Gasteiger partial charge on any atom is 0.181 e. The Hall–Kier alpha value is -4.64. The average molecular weight is 497 g/mol. The van der Waals surface area contributed by atoms with E-state index in [-0.39, 0.29) is 5.82 Å². The number of benzene rings is 1. The molecule has 186 valence electrons. The third kappa shape index (κ3) is 4.40. The molecule has 0 bridgehead atoms. The lowest BCUT2D eigenvalue weighted by atomic mass is 10.0. The van der Waals surface area contributed by atoms with Crippen molar-refractivity contribution in [1.29, 1.82) is 0 Å². The number of aromatic amines is 2. The van der Waals surface area contributed by atoms with Crippen LogP contribution in [-0.4, -0.2) is 72.0 Å². The molecule has 3 N–H and O–H groups in total. The van der Waals surface area contributed by atoms with E-state index >= 15 is 0 Å². The van der Waals surface area contributed by atoms with Gasteiger partial charge in [0.25, 0.3) is 0 Å². The zero-order chi connectivity index (χ0) is 25.5. The van der Waals surface area contributed by atoms with E-state index in [1.807, 2.05) is 45.5 Å². The van der Waals surface area contributed by atoms with Crippen LogP contribution in [0.15, 0.2) is 55.1 Å². The predicted molar refractivity (Wildman–Crippen MR) is 141 cm³/mol. The molecule has 0 amide bonds. The Balaban J connectivity index is 1.40. The minimum Gasteiger partial charge on any atom is -0.384 e. The molecule has 0 aliphatic rings. The van der Waals surface area contributed by atoms with Crippen LogP contribution in [0.2, 0.25) is 0 Å². The summed E-state index contributed by atoms with van der Waals surface area (Å²) in [5.41, 5.74) is 6.64. The topological polar surface area (TPSA) is 116 Å². The predicted octanol–water partition coefficient (Wildman–Crippen LogP) is 4.08. The standard InChI is InChI=1S/C26H25FN10/c1-36(2)7-6-28-19-9-15(8-18(27)11-19)20-4-5-29-25-22(20)32-26(33-25)23-21-10-16(12-30-24(21)35-34-23)17-13-31-37(3)14-17/h4-5,8-14,28H,6-7H2,1-3H3,(H,29,32,33)(H,30,34,35). The van der Waals surface area contributed by atoms with Gasteiger partial charge in [-0.15, -0.1) is 0 Å². The number of anilines is 1. The van der Waals surface area contributed by atoms with Gasteiger partial charge in [0.15, 0.2) is 17.1 Å². The van der Waals surface area contributed by atoms with Crippen molar-refractivity contribution >= 4 is 27.9 Å². The van der Waals surface area contributed by atoms with Crippen LogP contribution in [0.5, 0.6) is 0 Å². The minimum atomic E-state index is -0.317. The van der Waals surface area contributed by atoms with Gasteiger partial charge in [-0.3, -0.25) is 9.78 Å². The summed E-state index contributed by atoms with van der Waals surface area (Å²) in [6, 6.07) is 8.82. The zero-order valence-corrected chi connectivity index (χ0v) is 20.6. The van der Waals surface area contributed by atoms with Crippen molar-refractivity contribution in [2.75, 3.05) is 32.5 Å². The largest absolute Gasteiger partial charge is 0.384 e. The zero-order valence-electron chi connectivity index (χ0n) is 20.6. The van der Waals surface area contributed by atoms with E-state index < -0.39 is 0 Å². The highest BCUT2D eigenvalue weighted by Gasteiger charge is 2.17. The molecule has 11 heteroatoms. The quantitative estimate of drug-likeness (QED) is 0.305. The highest BCUT2D eigenvalue weighted by atomic mass is 19.1. The number of nitrogens with zero attached hydrogens (tertiary/aromatic N) is 7. The van der Waals surface area contributed by atoms with Crippen molar-refractivity contribution in [2.24, 2.45) is 7.05 Å². The third-order valence-corrected chi connectivity index (χ3v) is 6.17. The number of hydrogen-bond acceptors (Lipinski definition) is 7. The first-order valence-corrected chi connectivity index (χ1v) is 11.8. The fraction of sp³-hybridized carbons (Fsp3) is 0.192. The van der Waals surface area contributed by atoms with Gasteiger partial charge in [0.1, 0.15) is 11.5 Å². The molecule has 5 heterocycles. The average Bonchev–Trinajstić information content (AvgIpc) is 3.60. The number of imidazole rings is 1. The first kappa shape index (κ1) is 22.8. The molecular weight excluding hydrogens is 471 g/mol. The summed E-state index contributed by atoms with van der Waals surface area (Å²) in [6.45, 7) is 1.54. The molecule has 0 fully saturated rings. The second-order valence-electron chi connectivity index (χ2n) is 9.20. The van der Waals surface area contributed by atoms with Crippen LogP contribution < -0.4 is 5.32 Å². The molecule has 6 aromatic rings. The second-order valence-corrected chi connectivity index (χ2v) is 9.20. The summed E-state index contributed by atoms with van der Waals surface area (Å²) >= 11 is 0. The molecule has 0 saturated carbocycles. The number of pyridine rings is 2. The summed E-state index contributed by atoms with van der Waals surface area (Å²) in [4.78, 5) is 19.1. The van der Waals surface area contributed by atoms with Crippen molar-refractivity contribution < 1.29 is 4.39 Å². The molecule has 0 saturated heterocycles. The van der Waals surface area contributed by atoms with Crippen molar-refractivity contribution in [3.63, 3.8) is 0 Å². The molecule has 0 atom stereocenters. The van der Waals surface area contributed by atoms with Crippen molar-refractivity contribution in [2.45, 2.75) is 0 Å². The van der Waals surface area contributed by atoms with Crippen LogP contribution >= 0.6 is 0 Å². The first-order chi connectivity index (χ1) is 17.9. The SMILES string of the molecule is CN(C)CCNc1cc(F)cc(-c2ccnc3nc(-c4[nH]nc5ncc(-c6cnn(C)c6)cc45)[nH]c23)c1. The van der Waals surface area contributed by atoms with Gasteiger partial charge < -0.3 is 15.2 Å². The highest BCUT2D eigenvalue weighted by molar-refractivity contribution is 5.96. The fourth-order valence-electron chi connectivity index (χ4n) is 4.35. The van der Waals surface area contributed by atoms with E-state index in [0.717, 1.165) is 39.9 Å². The van der Waals surface area contributed by atoms with Gasteiger partial charge in [-0.05, 0) is 50.0 Å². The molecule has 1 aromatic carbocycles. The number of aryl methyl sites for hydroxylation is 1. The number of halogens is 1. The first-order valence-electron chi connectivity index (χ1n) is 11.8. The number of rotatable bonds is 7. The molecule has 0 radical (unpaired) electrons. The summed E-state index contributed by atoms with van der Waals surface area (Å²) in [5, 5.41) is 15.8. The minimum absolute atomic E-state index is 0.317. The summed E-state index contributed by atoms with van der Waals surface area (Å²) in [6.07, 6.45) is 7.18. The molecule has 0 aliphatic heterocycles. The molecular formula is C26H25FN10. The Morgan fingerprint density at radius 1 is 1.03 bits per heavy atom. The Bertz CT molecular complexity index is 1730. The Morgan fingerprint density at radius 2 is 1.92 bits per heavy atom. The number of H-pyrrole nitrogens is 2. The van der Waals surface area contributed by atoms with E-state index in [2.05, 4.69) is 40.5 Å². The lowest BCUT2D eigenvalue weighted by molar-refractivity contribution is 0.425. The lowest BCUT2D eigenvalue weighted by Crippen LogP contribution is -2.20. The van der Waals surface area contributed by atoms with Crippen LogP contribution in [0, 0.1) is 5.82 Å². The van der Waals surface area contributed by atoms with Gasteiger partial charge in [0.2, 0.25) is 0 Å². The van der Waals surface area contributed by atoms with Crippen LogP contribution in [0.25, 0.3) is 56.0 Å². The van der Waals surface area contributed by atoms with Crippen molar-refractivity contribution in [1.82, 2.24) is 44.8 Å². The number of hydrogen-bond donors (Lipinski definition) is 3. The number of aromatic nitrogens is 8. The smallest absolute Gasteiger partial charge is 0.181 e. The van der Waals surface area contributed by atoms with E-state index in [1.165, 1.54) is 12.1 Å². The van der Waals surface area contributed by atoms with Crippen LogP contribution in [0.3, 0.4) is 0 Å². The number of fused-ring (bicyclic) bond motifs is 2. The maximum atomic E-state index is 14.6. The molecule has 0 aliphatic carbocycles. The van der Waals surface area contributed by atoms with Crippen LogP contribution in [0.1, 0.15) is 0 Å². The van der Waals surface area contributed by atoms with Gasteiger partial charge in [-0.1, -0.05) is 0 Å². The Morgan fingerprint density at radius 3 is 2.73 bits per heavy atom. The third-order valence-electron chi connectivity index (χ3n) is 6.17. The molecule has 5 aromatic heterocycles. The Labute approximate surface area is 211 Å². The monoisotopic (exact) mass is 496 g/mol. The maximum absolute atomic E-state index is 14.6. The molecule has 10 nitrogen and oxygen atoms in total. The van der Waals surface area contributed by atoms with Gasteiger partial charge in [0, 0.05) is 61.1 Å². The fourth-order valence-corrected chi connectivity index (χ4v) is 4.35. The summed E-state index contributed by atoms with van der Waals surface area (Å²) < 4.78 is 16.3. The van der Waals surface area contributed by atoms with E-state index in [4.69, 9.17) is 4.98 Å². The summed E-state index contributed by atoms with van der Waals surface area (Å²) in [7, 11) is 5.88. The van der Waals surface area contributed by atoms with Crippen LogP contribution in [-0.2, 0) is 7.05 Å². The van der Waals surface area contributed by atoms with Gasteiger partial charge >= 0.3 is 0 Å². The molecule has 0 unspecified atom stereocenters. The number of nitrogens with one attached hydrogen (secondary N) is 3. The van der Waals surface area contributed by atoms with Gasteiger partial charge in [-0.25, -0.2) is 19.3 Å². The Kier molecular flexibility index (Phi) is 5.61. The van der Waals surface area contributed by atoms with Crippen molar-refractivity contribution in [3.05, 3.63) is 60.9 Å². The van der Waals surface area contributed by atoms with E-state index in [9.17, 15) is 4.39 Å². The number of likely N-dealkylation sites (N-methyl/N-ethyl adjacent to an activating group) is 1. The molecule has 6 rings (SSSR count). The molecule has 0 spiro atoms. The van der Waals surface area contributed by atoms with Crippen molar-refractivity contribution in [3.8, 4) is 33.8 Å². The lowest BCUT2D eigenvalue weighted by Gasteiger charge is -2.13. The van der Waals surface area contributed by atoms with E-state index in [0.29, 0.717) is 34.9 Å². The summed E-state index contributed by atoms with van der Waals surface area (Å²) in [5.74, 6) is 0.256. The van der Waals surface area contributed by atoms with Crippen LogP contribution in [0.4, 0.5) is 10.1 Å². The highest BCUT2D eigenvalue weighted by Crippen LogP contribution is 2.33. The second kappa shape index (κ2) is 9.10. The molecule has 37 heavy (non-hydrogen) atoms. The van der Waals surface area contributed by atoms with Gasteiger partial charge in [-0.2, -0.15) is 10.2 Å². The van der Waals surface area contributed by atoms with Gasteiger partial charge in [0.05, 0.1) is 17.1 Å². The van der Waals surface area contributed by atoms with E-state index in [1.54, 1.807) is 23.3 Å². The normalized spacial score (nSPS) is 11.7.